The van der Waals surface area contributed by atoms with E-state index in [0.717, 1.165) is 22.6 Å². The number of nitrogens with zero attached hydrogens (tertiary/aromatic N) is 2. The van der Waals surface area contributed by atoms with Gasteiger partial charge in [0.1, 0.15) is 11.6 Å². The average molecular weight is 335 g/mol. The predicted molar refractivity (Wildman–Crippen MR) is 102 cm³/mol. The molecule has 0 saturated carbocycles. The topological polar surface area (TPSA) is 57.8 Å². The molecule has 0 spiro atoms. The Morgan fingerprint density at radius 1 is 1.20 bits per heavy atom. The Morgan fingerprint density at radius 2 is 1.80 bits per heavy atom. The van der Waals surface area contributed by atoms with Gasteiger partial charge >= 0.3 is 0 Å². The van der Waals surface area contributed by atoms with Crippen LogP contribution in [0.5, 0.6) is 0 Å². The summed E-state index contributed by atoms with van der Waals surface area (Å²) in [5.74, 6) is -0.339. The first-order chi connectivity index (χ1) is 11.8. The molecular weight excluding hydrogens is 310 g/mol. The second kappa shape index (κ2) is 7.40. The van der Waals surface area contributed by atoms with Crippen LogP contribution >= 0.6 is 0 Å². The first kappa shape index (κ1) is 18.5. The number of benzene rings is 1. The molecule has 0 fully saturated rings. The lowest BCUT2D eigenvalue weighted by Gasteiger charge is -2.15. The molecule has 2 aromatic rings. The number of aromatic nitrogens is 1. The van der Waals surface area contributed by atoms with E-state index in [1.165, 1.54) is 11.1 Å². The second-order valence-electron chi connectivity index (χ2n) is 6.70. The molecule has 0 unspecified atom stereocenters. The molecule has 1 amide bonds. The number of hydrogen-bond donors (Lipinski definition) is 1. The molecule has 0 aliphatic rings. The van der Waals surface area contributed by atoms with Gasteiger partial charge in [-0.2, -0.15) is 5.26 Å². The maximum Gasteiger partial charge on any atom is 0.262 e. The second-order valence-corrected chi connectivity index (χ2v) is 6.70. The van der Waals surface area contributed by atoms with Crippen molar-refractivity contribution in [2.75, 3.05) is 0 Å². The minimum absolute atomic E-state index is 0.00806. The van der Waals surface area contributed by atoms with Crippen molar-refractivity contribution < 1.29 is 4.79 Å². The number of nitriles is 1. The molecule has 1 heterocycles. The van der Waals surface area contributed by atoms with E-state index < -0.39 is 0 Å². The van der Waals surface area contributed by atoms with Crippen LogP contribution in [-0.4, -0.2) is 16.5 Å². The van der Waals surface area contributed by atoms with Gasteiger partial charge < -0.3 is 9.88 Å². The van der Waals surface area contributed by atoms with Crippen LogP contribution in [-0.2, 0) is 4.79 Å². The lowest BCUT2D eigenvalue weighted by molar-refractivity contribution is -0.117. The molecule has 0 atom stereocenters. The van der Waals surface area contributed by atoms with Gasteiger partial charge in [0, 0.05) is 17.4 Å². The van der Waals surface area contributed by atoms with E-state index in [2.05, 4.69) is 35.9 Å². The number of hydrogen-bond acceptors (Lipinski definition) is 2. The fourth-order valence-electron chi connectivity index (χ4n) is 3.08. The molecule has 1 aromatic carbocycles. The van der Waals surface area contributed by atoms with Crippen molar-refractivity contribution in [2.24, 2.45) is 0 Å². The molecule has 1 aromatic heterocycles. The minimum atomic E-state index is -0.339. The van der Waals surface area contributed by atoms with Crippen molar-refractivity contribution in [3.8, 4) is 11.8 Å². The van der Waals surface area contributed by atoms with Crippen LogP contribution in [0.15, 0.2) is 29.8 Å². The monoisotopic (exact) mass is 335 g/mol. The first-order valence-electron chi connectivity index (χ1n) is 8.44. The number of carbonyl (C=O) groups is 1. The van der Waals surface area contributed by atoms with E-state index in [1.54, 1.807) is 6.08 Å². The fraction of sp³-hybridized carbons (Fsp3) is 0.333. The molecule has 0 bridgehead atoms. The number of para-hydroxylation sites is 1. The summed E-state index contributed by atoms with van der Waals surface area (Å²) in [6, 6.07) is 10.3. The average Bonchev–Trinajstić information content (AvgIpc) is 2.79. The molecule has 2 rings (SSSR count). The number of amides is 1. The van der Waals surface area contributed by atoms with Gasteiger partial charge in [-0.25, -0.2) is 0 Å². The van der Waals surface area contributed by atoms with E-state index in [1.807, 2.05) is 45.9 Å². The number of rotatable bonds is 4. The Bertz CT molecular complexity index is 859. The van der Waals surface area contributed by atoms with Crippen molar-refractivity contribution in [3.63, 3.8) is 0 Å². The van der Waals surface area contributed by atoms with Gasteiger partial charge in [-0.1, -0.05) is 18.2 Å². The summed E-state index contributed by atoms with van der Waals surface area (Å²) in [5, 5.41) is 12.1. The van der Waals surface area contributed by atoms with Gasteiger partial charge in [-0.3, -0.25) is 4.79 Å². The van der Waals surface area contributed by atoms with Gasteiger partial charge in [0.2, 0.25) is 0 Å². The first-order valence-corrected chi connectivity index (χ1v) is 8.44. The molecule has 0 aliphatic carbocycles. The maximum absolute atomic E-state index is 12.2. The Kier molecular flexibility index (Phi) is 5.48. The normalized spacial score (nSPS) is 11.5. The Balaban J connectivity index is 2.55. The van der Waals surface area contributed by atoms with Crippen LogP contribution in [0.1, 0.15) is 41.9 Å². The third-order valence-electron chi connectivity index (χ3n) is 4.22. The predicted octanol–water partition coefficient (Wildman–Crippen LogP) is 4.14. The van der Waals surface area contributed by atoms with E-state index in [9.17, 15) is 10.1 Å². The molecule has 0 radical (unpaired) electrons. The van der Waals surface area contributed by atoms with Crippen LogP contribution in [0.2, 0.25) is 0 Å². The van der Waals surface area contributed by atoms with Gasteiger partial charge in [-0.05, 0) is 70.4 Å². The highest BCUT2D eigenvalue weighted by atomic mass is 16.1. The quantitative estimate of drug-likeness (QED) is 0.674. The van der Waals surface area contributed by atoms with Gasteiger partial charge in [0.25, 0.3) is 5.91 Å². The van der Waals surface area contributed by atoms with Crippen molar-refractivity contribution in [3.05, 3.63) is 57.9 Å². The minimum Gasteiger partial charge on any atom is -0.349 e. The zero-order valence-electron chi connectivity index (χ0n) is 15.8. The Morgan fingerprint density at radius 3 is 2.32 bits per heavy atom. The van der Waals surface area contributed by atoms with Crippen molar-refractivity contribution in [2.45, 2.75) is 47.6 Å². The molecular formula is C21H25N3O. The third kappa shape index (κ3) is 3.83. The third-order valence-corrected chi connectivity index (χ3v) is 4.22. The number of aryl methyl sites for hydroxylation is 3. The standard InChI is InChI=1S/C21H25N3O/c1-13(2)23-21(25)19(12-22)11-18-10-16(5)24(17(18)6)20-14(3)8-7-9-15(20)4/h7-11,13H,1-6H3,(H,23,25)/b19-11-. The van der Waals surface area contributed by atoms with Crippen LogP contribution in [0.4, 0.5) is 0 Å². The SMILES string of the molecule is Cc1cccc(C)c1-n1c(C)cc(/C=C(/C#N)C(=O)NC(C)C)c1C. The number of nitrogens with one attached hydrogen (secondary N) is 1. The highest BCUT2D eigenvalue weighted by Gasteiger charge is 2.16. The van der Waals surface area contributed by atoms with Crippen molar-refractivity contribution in [1.29, 1.82) is 5.26 Å². The smallest absolute Gasteiger partial charge is 0.262 e. The van der Waals surface area contributed by atoms with Gasteiger partial charge in [0.15, 0.2) is 0 Å². The molecule has 0 saturated heterocycles. The molecule has 1 N–H and O–H groups in total. The zero-order chi connectivity index (χ0) is 18.7. The van der Waals surface area contributed by atoms with Crippen molar-refractivity contribution in [1.82, 2.24) is 9.88 Å². The molecule has 4 nitrogen and oxygen atoms in total. The highest BCUT2D eigenvalue weighted by Crippen LogP contribution is 2.27. The van der Waals surface area contributed by atoms with Crippen molar-refractivity contribution >= 4 is 12.0 Å². The summed E-state index contributed by atoms with van der Waals surface area (Å²) < 4.78 is 2.19. The van der Waals surface area contributed by atoms with Gasteiger partial charge in [0.05, 0.1) is 5.69 Å². The fourth-order valence-corrected chi connectivity index (χ4v) is 3.08. The summed E-state index contributed by atoms with van der Waals surface area (Å²) in [6.07, 6.45) is 1.67. The zero-order valence-corrected chi connectivity index (χ0v) is 15.8. The van der Waals surface area contributed by atoms with E-state index in [-0.39, 0.29) is 17.5 Å². The lowest BCUT2D eigenvalue weighted by Crippen LogP contribution is -2.30. The molecule has 4 heteroatoms. The van der Waals surface area contributed by atoms with Crippen LogP contribution in [0, 0.1) is 39.0 Å². The largest absolute Gasteiger partial charge is 0.349 e. The Hall–Kier alpha value is -2.80. The molecule has 130 valence electrons. The maximum atomic E-state index is 12.2. The summed E-state index contributed by atoms with van der Waals surface area (Å²) in [7, 11) is 0. The summed E-state index contributed by atoms with van der Waals surface area (Å²) in [4.78, 5) is 12.2. The van der Waals surface area contributed by atoms with E-state index in [4.69, 9.17) is 0 Å². The molecule has 25 heavy (non-hydrogen) atoms. The van der Waals surface area contributed by atoms with Gasteiger partial charge in [-0.15, -0.1) is 0 Å². The highest BCUT2D eigenvalue weighted by molar-refractivity contribution is 6.02. The van der Waals surface area contributed by atoms with E-state index in [0.29, 0.717) is 0 Å². The summed E-state index contributed by atoms with van der Waals surface area (Å²) >= 11 is 0. The van der Waals surface area contributed by atoms with Crippen LogP contribution in [0.25, 0.3) is 11.8 Å². The van der Waals surface area contributed by atoms with Crippen LogP contribution in [0.3, 0.4) is 0 Å². The lowest BCUT2D eigenvalue weighted by atomic mass is 10.1. The summed E-state index contributed by atoms with van der Waals surface area (Å²) in [6.45, 7) is 12.0. The van der Waals surface area contributed by atoms with Crippen LogP contribution < -0.4 is 5.32 Å². The number of carbonyl (C=O) groups excluding carboxylic acids is 1. The van der Waals surface area contributed by atoms with E-state index >= 15 is 0 Å². The molecule has 0 aliphatic heterocycles. The summed E-state index contributed by atoms with van der Waals surface area (Å²) in [5.41, 5.74) is 6.63. The Labute approximate surface area is 149 Å².